The molecule has 0 unspecified atom stereocenters. The van der Waals surface area contributed by atoms with Gasteiger partial charge in [-0.05, 0) is 25.2 Å². The van der Waals surface area contributed by atoms with Crippen molar-refractivity contribution in [3.63, 3.8) is 0 Å². The van der Waals surface area contributed by atoms with Crippen molar-refractivity contribution in [2.45, 2.75) is 57.4 Å². The van der Waals surface area contributed by atoms with Crippen molar-refractivity contribution < 1.29 is 4.79 Å². The van der Waals surface area contributed by atoms with E-state index in [4.69, 9.17) is 0 Å². The first-order valence-corrected chi connectivity index (χ1v) is 9.81. The summed E-state index contributed by atoms with van der Waals surface area (Å²) in [6, 6.07) is 0.399. The first-order valence-electron chi connectivity index (χ1n) is 8.93. The Kier molecular flexibility index (Phi) is 4.60. The fourth-order valence-electron chi connectivity index (χ4n) is 4.09. The van der Waals surface area contributed by atoms with E-state index in [9.17, 15) is 4.79 Å². The van der Waals surface area contributed by atoms with E-state index in [-0.39, 0.29) is 5.91 Å². The maximum absolute atomic E-state index is 12.9. The number of hydrogen-bond donors (Lipinski definition) is 1. The van der Waals surface area contributed by atoms with Crippen LogP contribution in [0, 0.1) is 5.92 Å². The molecule has 2 aromatic heterocycles. The molecule has 2 fully saturated rings. The second-order valence-corrected chi connectivity index (χ2v) is 7.76. The Labute approximate surface area is 145 Å². The van der Waals surface area contributed by atoms with Crippen LogP contribution in [0.5, 0.6) is 0 Å². The molecule has 1 saturated carbocycles. The smallest absolute Gasteiger partial charge is 0.273 e. The van der Waals surface area contributed by atoms with Crippen molar-refractivity contribution in [3.05, 3.63) is 17.4 Å². The maximum atomic E-state index is 12.9. The van der Waals surface area contributed by atoms with Gasteiger partial charge in [-0.1, -0.05) is 32.1 Å². The number of carbonyl (C=O) groups is 1. The molecule has 6 nitrogen and oxygen atoms in total. The van der Waals surface area contributed by atoms with Crippen LogP contribution in [0.3, 0.4) is 0 Å². The van der Waals surface area contributed by atoms with Crippen molar-refractivity contribution in [1.82, 2.24) is 25.1 Å². The van der Waals surface area contributed by atoms with Gasteiger partial charge in [-0.2, -0.15) is 5.10 Å². The minimum absolute atomic E-state index is 0.0790. The predicted molar refractivity (Wildman–Crippen MR) is 92.7 cm³/mol. The number of aromatic amines is 1. The highest BCUT2D eigenvalue weighted by Crippen LogP contribution is 2.33. The molecule has 24 heavy (non-hydrogen) atoms. The van der Waals surface area contributed by atoms with Gasteiger partial charge in [0, 0.05) is 18.0 Å². The maximum Gasteiger partial charge on any atom is 0.273 e. The summed E-state index contributed by atoms with van der Waals surface area (Å²) >= 11 is 1.44. The predicted octanol–water partition coefficient (Wildman–Crippen LogP) is 3.50. The lowest BCUT2D eigenvalue weighted by atomic mass is 9.84. The lowest BCUT2D eigenvalue weighted by Crippen LogP contribution is -2.37. The van der Waals surface area contributed by atoms with Gasteiger partial charge >= 0.3 is 0 Å². The topological polar surface area (TPSA) is 74.8 Å². The Bertz CT molecular complexity index is 677. The first kappa shape index (κ1) is 15.7. The molecule has 1 N–H and O–H groups in total. The Morgan fingerprint density at radius 2 is 2.12 bits per heavy atom. The number of nitrogens with zero attached hydrogens (tertiary/aromatic N) is 4. The molecule has 0 bridgehead atoms. The first-order chi connectivity index (χ1) is 11.8. The van der Waals surface area contributed by atoms with Gasteiger partial charge in [-0.3, -0.25) is 9.89 Å². The minimum Gasteiger partial charge on any atom is -0.334 e. The Morgan fingerprint density at radius 3 is 2.92 bits per heavy atom. The van der Waals surface area contributed by atoms with E-state index in [1.54, 1.807) is 0 Å². The van der Waals surface area contributed by atoms with Gasteiger partial charge in [0.15, 0.2) is 10.8 Å². The highest BCUT2D eigenvalue weighted by atomic mass is 32.1. The summed E-state index contributed by atoms with van der Waals surface area (Å²) in [4.78, 5) is 23.5. The molecule has 1 atom stereocenters. The van der Waals surface area contributed by atoms with Crippen molar-refractivity contribution in [2.75, 3.05) is 6.54 Å². The standard InChI is InChI=1S/C17H23N5OS/c23-17(14-10-24-16(20-14)15-18-11-19-21-15)22-8-4-7-13(22)9-12-5-2-1-3-6-12/h10-13H,1-9H2,(H,18,19,21)/t13-/m1/s1. The number of likely N-dealkylation sites (tertiary alicyclic amines) is 1. The Hall–Kier alpha value is -1.76. The zero-order valence-corrected chi connectivity index (χ0v) is 14.6. The Morgan fingerprint density at radius 1 is 1.25 bits per heavy atom. The van der Waals surface area contributed by atoms with Crippen LogP contribution in [-0.4, -0.2) is 43.6 Å². The quantitative estimate of drug-likeness (QED) is 0.920. The zero-order chi connectivity index (χ0) is 16.4. The summed E-state index contributed by atoms with van der Waals surface area (Å²) in [5.74, 6) is 1.51. The summed E-state index contributed by atoms with van der Waals surface area (Å²) in [6.45, 7) is 0.866. The van der Waals surface area contributed by atoms with Gasteiger partial charge in [-0.15, -0.1) is 11.3 Å². The molecule has 2 aromatic rings. The average molecular weight is 345 g/mol. The third kappa shape index (κ3) is 3.22. The molecular weight excluding hydrogens is 322 g/mol. The molecule has 1 aliphatic carbocycles. The third-order valence-corrected chi connectivity index (χ3v) is 6.16. The lowest BCUT2D eigenvalue weighted by molar-refractivity contribution is 0.0706. The Balaban J connectivity index is 1.44. The van der Waals surface area contributed by atoms with Crippen molar-refractivity contribution >= 4 is 17.2 Å². The highest BCUT2D eigenvalue weighted by Gasteiger charge is 2.32. The van der Waals surface area contributed by atoms with E-state index < -0.39 is 0 Å². The number of nitrogens with one attached hydrogen (secondary N) is 1. The van der Waals surface area contributed by atoms with E-state index in [1.807, 2.05) is 5.38 Å². The van der Waals surface area contributed by atoms with Crippen LogP contribution in [0.25, 0.3) is 10.8 Å². The third-order valence-electron chi connectivity index (χ3n) is 5.31. The van der Waals surface area contributed by atoms with Crippen molar-refractivity contribution in [3.8, 4) is 10.8 Å². The van der Waals surface area contributed by atoms with E-state index in [0.717, 1.165) is 30.3 Å². The van der Waals surface area contributed by atoms with E-state index in [0.29, 0.717) is 17.6 Å². The fraction of sp³-hybridized carbons (Fsp3) is 0.647. The summed E-state index contributed by atoms with van der Waals surface area (Å²) in [6.07, 6.45) is 11.7. The monoisotopic (exact) mass is 345 g/mol. The molecule has 0 radical (unpaired) electrons. The molecular formula is C17H23N5OS. The lowest BCUT2D eigenvalue weighted by Gasteiger charge is -2.29. The molecule has 0 aromatic carbocycles. The molecule has 7 heteroatoms. The van der Waals surface area contributed by atoms with Crippen molar-refractivity contribution in [1.29, 1.82) is 0 Å². The molecule has 128 valence electrons. The van der Waals surface area contributed by atoms with E-state index in [2.05, 4.69) is 25.1 Å². The van der Waals surface area contributed by atoms with Crippen LogP contribution in [-0.2, 0) is 0 Å². The average Bonchev–Trinajstić information content (AvgIpc) is 3.36. The summed E-state index contributed by atoms with van der Waals surface area (Å²) < 4.78 is 0. The molecule has 3 heterocycles. The molecule has 1 saturated heterocycles. The van der Waals surface area contributed by atoms with Gasteiger partial charge in [-0.25, -0.2) is 9.97 Å². The largest absolute Gasteiger partial charge is 0.334 e. The number of thiazole rings is 1. The molecule has 1 aliphatic heterocycles. The summed E-state index contributed by atoms with van der Waals surface area (Å²) in [5.41, 5.74) is 0.543. The summed E-state index contributed by atoms with van der Waals surface area (Å²) in [7, 11) is 0. The molecule has 1 amide bonds. The van der Waals surface area contributed by atoms with Crippen molar-refractivity contribution in [2.24, 2.45) is 5.92 Å². The van der Waals surface area contributed by atoms with Gasteiger partial charge in [0.1, 0.15) is 12.0 Å². The number of aromatic nitrogens is 4. The van der Waals surface area contributed by atoms with Gasteiger partial charge < -0.3 is 4.90 Å². The zero-order valence-electron chi connectivity index (χ0n) is 13.8. The number of H-pyrrole nitrogens is 1. The van der Waals surface area contributed by atoms with Crippen LogP contribution < -0.4 is 0 Å². The minimum atomic E-state index is 0.0790. The number of carbonyl (C=O) groups excluding carboxylic acids is 1. The second-order valence-electron chi connectivity index (χ2n) is 6.91. The van der Waals surface area contributed by atoms with Crippen LogP contribution >= 0.6 is 11.3 Å². The van der Waals surface area contributed by atoms with E-state index >= 15 is 0 Å². The molecule has 0 spiro atoms. The molecule has 4 rings (SSSR count). The number of amides is 1. The van der Waals surface area contributed by atoms with Crippen LogP contribution in [0.4, 0.5) is 0 Å². The van der Waals surface area contributed by atoms with Gasteiger partial charge in [0.05, 0.1) is 0 Å². The van der Waals surface area contributed by atoms with Gasteiger partial charge in [0.25, 0.3) is 5.91 Å². The summed E-state index contributed by atoms with van der Waals surface area (Å²) in [5, 5.41) is 9.21. The second kappa shape index (κ2) is 7.01. The number of hydrogen-bond acceptors (Lipinski definition) is 5. The molecule has 2 aliphatic rings. The fourth-order valence-corrected chi connectivity index (χ4v) is 4.83. The van der Waals surface area contributed by atoms with Gasteiger partial charge in [0.2, 0.25) is 0 Å². The van der Waals surface area contributed by atoms with E-state index in [1.165, 1.54) is 56.2 Å². The SMILES string of the molecule is O=C(c1csc(-c2ncn[nH]2)n1)N1CCC[C@@H]1CC1CCCCC1. The van der Waals surface area contributed by atoms with Crippen LogP contribution in [0.1, 0.15) is 61.9 Å². The van der Waals surface area contributed by atoms with Crippen LogP contribution in [0.15, 0.2) is 11.7 Å². The highest BCUT2D eigenvalue weighted by molar-refractivity contribution is 7.13. The van der Waals surface area contributed by atoms with Crippen LogP contribution in [0.2, 0.25) is 0 Å². The normalized spacial score (nSPS) is 22.2. The number of rotatable bonds is 4.